The molecule has 3 heterocycles. The third-order valence-electron chi connectivity index (χ3n) is 5.14. The molecule has 4 rings (SSSR count). The van der Waals surface area contributed by atoms with Crippen LogP contribution in [0.5, 0.6) is 0 Å². The number of benzene rings is 1. The van der Waals surface area contributed by atoms with Crippen molar-refractivity contribution >= 4 is 10.9 Å². The van der Waals surface area contributed by atoms with Gasteiger partial charge in [0, 0.05) is 50.4 Å². The van der Waals surface area contributed by atoms with Gasteiger partial charge in [-0.15, -0.1) is 5.10 Å². The van der Waals surface area contributed by atoms with Crippen molar-refractivity contribution < 1.29 is 5.11 Å². The topological polar surface area (TPSA) is 67.1 Å². The van der Waals surface area contributed by atoms with E-state index in [1.54, 1.807) is 0 Å². The minimum Gasteiger partial charge on any atom is -0.396 e. The Labute approximate surface area is 153 Å². The first-order valence-corrected chi connectivity index (χ1v) is 9.36. The second-order valence-corrected chi connectivity index (χ2v) is 7.14. The summed E-state index contributed by atoms with van der Waals surface area (Å²) in [5, 5.41) is 18.6. The summed E-state index contributed by atoms with van der Waals surface area (Å²) >= 11 is 0. The highest BCUT2D eigenvalue weighted by Gasteiger charge is 2.21. The SMILES string of the molecule is OCCc1cn(CC2CCCN(Cc3ccnc4ccccc34)C2)nn1. The van der Waals surface area contributed by atoms with Gasteiger partial charge in [-0.3, -0.25) is 14.6 Å². The van der Waals surface area contributed by atoms with E-state index in [1.165, 1.54) is 23.8 Å². The number of likely N-dealkylation sites (tertiary alicyclic amines) is 1. The zero-order valence-corrected chi connectivity index (χ0v) is 15.0. The van der Waals surface area contributed by atoms with E-state index in [1.807, 2.05) is 23.1 Å². The molecule has 1 aromatic carbocycles. The van der Waals surface area contributed by atoms with E-state index in [-0.39, 0.29) is 6.61 Å². The van der Waals surface area contributed by atoms with Crippen molar-refractivity contribution in [1.82, 2.24) is 24.9 Å². The summed E-state index contributed by atoms with van der Waals surface area (Å²) in [5.74, 6) is 0.584. The van der Waals surface area contributed by atoms with Gasteiger partial charge in [0.25, 0.3) is 0 Å². The normalized spacial score (nSPS) is 18.4. The minimum atomic E-state index is 0.121. The van der Waals surface area contributed by atoms with Gasteiger partial charge in [-0.25, -0.2) is 0 Å². The van der Waals surface area contributed by atoms with Crippen molar-refractivity contribution in [2.75, 3.05) is 19.7 Å². The lowest BCUT2D eigenvalue weighted by molar-refractivity contribution is 0.153. The van der Waals surface area contributed by atoms with E-state index >= 15 is 0 Å². The van der Waals surface area contributed by atoms with E-state index in [4.69, 9.17) is 5.11 Å². The summed E-state index contributed by atoms with van der Waals surface area (Å²) in [5.41, 5.74) is 3.28. The predicted molar refractivity (Wildman–Crippen MR) is 101 cm³/mol. The van der Waals surface area contributed by atoms with Gasteiger partial charge in [0.05, 0.1) is 11.2 Å². The second-order valence-electron chi connectivity index (χ2n) is 7.14. The van der Waals surface area contributed by atoms with Gasteiger partial charge in [-0.2, -0.15) is 0 Å². The lowest BCUT2D eigenvalue weighted by Crippen LogP contribution is -2.36. The minimum absolute atomic E-state index is 0.121. The number of hydrogen-bond donors (Lipinski definition) is 1. The number of piperidine rings is 1. The van der Waals surface area contributed by atoms with Gasteiger partial charge in [-0.05, 0) is 43.0 Å². The standard InChI is InChI=1S/C20H25N5O/c26-11-8-18-15-25(23-22-18)13-16-4-3-10-24(12-16)14-17-7-9-21-20-6-2-1-5-19(17)20/h1-2,5-7,9,15-16,26H,3-4,8,10-14H2. The molecule has 0 radical (unpaired) electrons. The second kappa shape index (κ2) is 7.93. The van der Waals surface area contributed by atoms with Gasteiger partial charge in [-0.1, -0.05) is 23.4 Å². The Balaban J connectivity index is 1.41. The number of pyridine rings is 1. The molecule has 0 aliphatic carbocycles. The first-order valence-electron chi connectivity index (χ1n) is 9.36. The Kier molecular flexibility index (Phi) is 5.22. The first-order chi connectivity index (χ1) is 12.8. The van der Waals surface area contributed by atoms with Crippen molar-refractivity contribution in [2.45, 2.75) is 32.4 Å². The number of hydrogen-bond acceptors (Lipinski definition) is 5. The Morgan fingerprint density at radius 1 is 1.19 bits per heavy atom. The summed E-state index contributed by atoms with van der Waals surface area (Å²) in [7, 11) is 0. The molecule has 0 amide bonds. The molecule has 1 saturated heterocycles. The molecule has 0 saturated carbocycles. The molecule has 1 N–H and O–H groups in total. The van der Waals surface area contributed by atoms with Gasteiger partial charge < -0.3 is 5.11 Å². The molecule has 6 heteroatoms. The highest BCUT2D eigenvalue weighted by atomic mass is 16.3. The molecule has 26 heavy (non-hydrogen) atoms. The van der Waals surface area contributed by atoms with Gasteiger partial charge in [0.15, 0.2) is 0 Å². The van der Waals surface area contributed by atoms with Gasteiger partial charge >= 0.3 is 0 Å². The van der Waals surface area contributed by atoms with Gasteiger partial charge in [0.2, 0.25) is 0 Å². The van der Waals surface area contributed by atoms with Crippen LogP contribution in [0.2, 0.25) is 0 Å². The Morgan fingerprint density at radius 3 is 3.04 bits per heavy atom. The van der Waals surface area contributed by atoms with Crippen LogP contribution in [-0.2, 0) is 19.5 Å². The zero-order chi connectivity index (χ0) is 17.8. The predicted octanol–water partition coefficient (Wildman–Crippen LogP) is 2.27. The number of nitrogens with zero attached hydrogens (tertiary/aromatic N) is 5. The molecule has 1 aliphatic rings. The highest BCUT2D eigenvalue weighted by Crippen LogP contribution is 2.23. The summed E-state index contributed by atoms with van der Waals surface area (Å²) in [6.07, 6.45) is 6.89. The Hall–Kier alpha value is -2.31. The van der Waals surface area contributed by atoms with Crippen LogP contribution >= 0.6 is 0 Å². The summed E-state index contributed by atoms with van der Waals surface area (Å²) in [6, 6.07) is 10.5. The first kappa shape index (κ1) is 17.1. The summed E-state index contributed by atoms with van der Waals surface area (Å²) in [6.45, 7) is 4.20. The van der Waals surface area contributed by atoms with Crippen LogP contribution in [0.4, 0.5) is 0 Å². The van der Waals surface area contributed by atoms with E-state index < -0.39 is 0 Å². The maximum atomic E-state index is 9.01. The molecule has 0 spiro atoms. The lowest BCUT2D eigenvalue weighted by Gasteiger charge is -2.32. The molecule has 136 valence electrons. The fraction of sp³-hybridized carbons (Fsp3) is 0.450. The lowest BCUT2D eigenvalue weighted by atomic mass is 9.97. The largest absolute Gasteiger partial charge is 0.396 e. The van der Waals surface area contributed by atoms with Crippen molar-refractivity contribution in [1.29, 1.82) is 0 Å². The molecular formula is C20H25N5O. The van der Waals surface area contributed by atoms with Crippen LogP contribution in [0.3, 0.4) is 0 Å². The number of para-hydroxylation sites is 1. The molecule has 6 nitrogen and oxygen atoms in total. The highest BCUT2D eigenvalue weighted by molar-refractivity contribution is 5.81. The Morgan fingerprint density at radius 2 is 2.12 bits per heavy atom. The molecule has 2 aromatic heterocycles. The number of aliphatic hydroxyl groups excluding tert-OH is 1. The van der Waals surface area contributed by atoms with E-state index in [0.29, 0.717) is 12.3 Å². The van der Waals surface area contributed by atoms with Gasteiger partial charge in [0.1, 0.15) is 0 Å². The number of fused-ring (bicyclic) bond motifs is 1. The van der Waals surface area contributed by atoms with Crippen LogP contribution in [0, 0.1) is 5.92 Å². The van der Waals surface area contributed by atoms with Crippen LogP contribution in [0.25, 0.3) is 10.9 Å². The van der Waals surface area contributed by atoms with Crippen molar-refractivity contribution in [3.05, 3.63) is 54.0 Å². The zero-order valence-electron chi connectivity index (χ0n) is 15.0. The average Bonchev–Trinajstić information content (AvgIpc) is 3.10. The molecule has 3 aromatic rings. The monoisotopic (exact) mass is 351 g/mol. The number of rotatable bonds is 6. The smallest absolute Gasteiger partial charge is 0.0849 e. The maximum Gasteiger partial charge on any atom is 0.0849 e. The van der Waals surface area contributed by atoms with Crippen LogP contribution in [0.15, 0.2) is 42.7 Å². The quantitative estimate of drug-likeness (QED) is 0.738. The van der Waals surface area contributed by atoms with Crippen molar-refractivity contribution in [3.63, 3.8) is 0 Å². The van der Waals surface area contributed by atoms with Crippen molar-refractivity contribution in [2.24, 2.45) is 5.92 Å². The summed E-state index contributed by atoms with van der Waals surface area (Å²) < 4.78 is 1.93. The molecule has 1 fully saturated rings. The number of aliphatic hydroxyl groups is 1. The van der Waals surface area contributed by atoms with Crippen molar-refractivity contribution in [3.8, 4) is 0 Å². The van der Waals surface area contributed by atoms with E-state index in [0.717, 1.165) is 37.4 Å². The summed E-state index contributed by atoms with van der Waals surface area (Å²) in [4.78, 5) is 7.01. The molecule has 1 aliphatic heterocycles. The average molecular weight is 351 g/mol. The van der Waals surface area contributed by atoms with Crippen LogP contribution in [0.1, 0.15) is 24.1 Å². The van der Waals surface area contributed by atoms with Crippen LogP contribution < -0.4 is 0 Å². The van der Waals surface area contributed by atoms with E-state index in [2.05, 4.69) is 44.5 Å². The van der Waals surface area contributed by atoms with Crippen LogP contribution in [-0.4, -0.2) is 49.7 Å². The third-order valence-corrected chi connectivity index (χ3v) is 5.14. The molecule has 1 unspecified atom stereocenters. The molecular weight excluding hydrogens is 326 g/mol. The fourth-order valence-electron chi connectivity index (χ4n) is 3.90. The fourth-order valence-corrected chi connectivity index (χ4v) is 3.90. The molecule has 1 atom stereocenters. The molecule has 0 bridgehead atoms. The maximum absolute atomic E-state index is 9.01. The third kappa shape index (κ3) is 3.92. The number of aromatic nitrogens is 4. The van der Waals surface area contributed by atoms with E-state index in [9.17, 15) is 0 Å². The Bertz CT molecular complexity index is 857.